The van der Waals surface area contributed by atoms with Crippen LogP contribution >= 0.6 is 39.3 Å². The fourth-order valence-electron chi connectivity index (χ4n) is 3.36. The average Bonchev–Trinajstić information content (AvgIpc) is 3.08. The van der Waals surface area contributed by atoms with Gasteiger partial charge in [-0.1, -0.05) is 75.6 Å². The highest BCUT2D eigenvalue weighted by molar-refractivity contribution is 9.10. The first kappa shape index (κ1) is 24.4. The van der Waals surface area contributed by atoms with Crippen LogP contribution in [-0.4, -0.2) is 23.2 Å². The second-order valence-corrected chi connectivity index (χ2v) is 9.91. The summed E-state index contributed by atoms with van der Waals surface area (Å²) in [6.07, 6.45) is 1.69. The van der Waals surface area contributed by atoms with E-state index in [-0.39, 0.29) is 24.3 Å². The maximum Gasteiger partial charge on any atom is 0.293 e. The molecule has 0 bridgehead atoms. The standard InChI is InChI=1S/C26H21BrClNO4S/c1-16-7-9-17(10-8-16)14-29-25(30)24(34-26(29)31)12-19-11-22(32-2)23(13-20(19)27)33-15-18-5-3-4-6-21(18)28/h3-13H,14-15H2,1-2H3/b24-12-. The summed E-state index contributed by atoms with van der Waals surface area (Å²) >= 11 is 10.7. The van der Waals surface area contributed by atoms with E-state index in [2.05, 4.69) is 15.9 Å². The number of hydrogen-bond acceptors (Lipinski definition) is 5. The fourth-order valence-corrected chi connectivity index (χ4v) is 4.81. The zero-order valence-electron chi connectivity index (χ0n) is 18.5. The van der Waals surface area contributed by atoms with Crippen molar-refractivity contribution in [3.8, 4) is 11.5 Å². The summed E-state index contributed by atoms with van der Waals surface area (Å²) in [5.74, 6) is 0.708. The lowest BCUT2D eigenvalue weighted by molar-refractivity contribution is -0.123. The molecule has 1 heterocycles. The Balaban J connectivity index is 1.54. The molecule has 5 nitrogen and oxygen atoms in total. The van der Waals surface area contributed by atoms with Gasteiger partial charge in [-0.2, -0.15) is 0 Å². The molecule has 1 fully saturated rings. The Morgan fingerprint density at radius 3 is 2.50 bits per heavy atom. The van der Waals surface area contributed by atoms with Crippen molar-refractivity contribution in [1.82, 2.24) is 4.90 Å². The third-order valence-electron chi connectivity index (χ3n) is 5.25. The number of carbonyl (C=O) groups is 2. The van der Waals surface area contributed by atoms with Gasteiger partial charge in [0.2, 0.25) is 0 Å². The molecule has 0 unspecified atom stereocenters. The van der Waals surface area contributed by atoms with E-state index in [1.165, 1.54) is 4.90 Å². The van der Waals surface area contributed by atoms with Gasteiger partial charge in [-0.15, -0.1) is 0 Å². The van der Waals surface area contributed by atoms with E-state index in [0.29, 0.717) is 31.5 Å². The van der Waals surface area contributed by atoms with Gasteiger partial charge in [-0.05, 0) is 54.1 Å². The minimum absolute atomic E-state index is 0.238. The molecular weight excluding hydrogens is 538 g/mol. The topological polar surface area (TPSA) is 55.8 Å². The lowest BCUT2D eigenvalue weighted by Crippen LogP contribution is -2.27. The summed E-state index contributed by atoms with van der Waals surface area (Å²) in [5, 5.41) is 0.332. The highest BCUT2D eigenvalue weighted by atomic mass is 79.9. The molecule has 2 amide bonds. The summed E-state index contributed by atoms with van der Waals surface area (Å²) in [5.41, 5.74) is 3.57. The van der Waals surface area contributed by atoms with Gasteiger partial charge in [-0.25, -0.2) is 0 Å². The number of methoxy groups -OCH3 is 1. The SMILES string of the molecule is COc1cc(/C=C2\SC(=O)N(Cc3ccc(C)cc3)C2=O)c(Br)cc1OCc1ccccc1Cl. The fraction of sp³-hybridized carbons (Fsp3) is 0.154. The first-order chi connectivity index (χ1) is 16.4. The number of ether oxygens (including phenoxy) is 2. The highest BCUT2D eigenvalue weighted by Crippen LogP contribution is 2.38. The van der Waals surface area contributed by atoms with Gasteiger partial charge < -0.3 is 9.47 Å². The normalized spacial score (nSPS) is 14.7. The van der Waals surface area contributed by atoms with Gasteiger partial charge in [-0.3, -0.25) is 14.5 Å². The van der Waals surface area contributed by atoms with Crippen LogP contribution in [0.5, 0.6) is 11.5 Å². The van der Waals surface area contributed by atoms with Gasteiger partial charge in [0.05, 0.1) is 18.6 Å². The Kier molecular flexibility index (Phi) is 7.66. The van der Waals surface area contributed by atoms with Crippen molar-refractivity contribution >= 4 is 56.5 Å². The number of thioether (sulfide) groups is 1. The van der Waals surface area contributed by atoms with Gasteiger partial charge in [0.1, 0.15) is 6.61 Å². The van der Waals surface area contributed by atoms with Crippen LogP contribution in [0, 0.1) is 6.92 Å². The quantitative estimate of drug-likeness (QED) is 0.286. The van der Waals surface area contributed by atoms with Crippen LogP contribution in [0.1, 0.15) is 22.3 Å². The molecule has 34 heavy (non-hydrogen) atoms. The van der Waals surface area contributed by atoms with Crippen molar-refractivity contribution in [3.05, 3.63) is 97.3 Å². The van der Waals surface area contributed by atoms with Crippen LogP contribution < -0.4 is 9.47 Å². The number of carbonyl (C=O) groups excluding carboxylic acids is 2. The van der Waals surface area contributed by atoms with Crippen LogP contribution in [0.2, 0.25) is 5.02 Å². The first-order valence-corrected chi connectivity index (χ1v) is 12.4. The van der Waals surface area contributed by atoms with Crippen LogP contribution in [0.15, 0.2) is 70.0 Å². The Labute approximate surface area is 215 Å². The molecule has 0 spiro atoms. The minimum Gasteiger partial charge on any atom is -0.493 e. The summed E-state index contributed by atoms with van der Waals surface area (Å²) in [6.45, 7) is 2.51. The summed E-state index contributed by atoms with van der Waals surface area (Å²) in [6, 6.07) is 18.8. The summed E-state index contributed by atoms with van der Waals surface area (Å²) in [4.78, 5) is 27.1. The Morgan fingerprint density at radius 2 is 1.79 bits per heavy atom. The third-order valence-corrected chi connectivity index (χ3v) is 7.21. The van der Waals surface area contributed by atoms with Crippen molar-refractivity contribution in [2.75, 3.05) is 7.11 Å². The Bertz CT molecular complexity index is 1280. The molecule has 3 aromatic carbocycles. The van der Waals surface area contributed by atoms with Crippen LogP contribution in [0.4, 0.5) is 4.79 Å². The van der Waals surface area contributed by atoms with Crippen molar-refractivity contribution in [1.29, 1.82) is 0 Å². The third kappa shape index (κ3) is 5.49. The van der Waals surface area contributed by atoms with Crippen LogP contribution in [0.3, 0.4) is 0 Å². The maximum atomic E-state index is 12.9. The minimum atomic E-state index is -0.319. The van der Waals surface area contributed by atoms with E-state index in [1.54, 1.807) is 25.3 Å². The van der Waals surface area contributed by atoms with Crippen LogP contribution in [-0.2, 0) is 17.9 Å². The number of hydrogen-bond donors (Lipinski definition) is 0. The molecule has 0 N–H and O–H groups in total. The first-order valence-electron chi connectivity index (χ1n) is 10.4. The molecule has 174 valence electrons. The molecule has 4 rings (SSSR count). The zero-order chi connectivity index (χ0) is 24.2. The smallest absolute Gasteiger partial charge is 0.293 e. The number of nitrogens with zero attached hydrogens (tertiary/aromatic N) is 1. The summed E-state index contributed by atoms with van der Waals surface area (Å²) < 4.78 is 12.1. The van der Waals surface area contributed by atoms with Crippen molar-refractivity contribution in [2.45, 2.75) is 20.1 Å². The number of halogens is 2. The predicted molar refractivity (Wildman–Crippen MR) is 139 cm³/mol. The molecule has 1 aliphatic rings. The van der Waals surface area contributed by atoms with Crippen molar-refractivity contribution in [2.24, 2.45) is 0 Å². The predicted octanol–water partition coefficient (Wildman–Crippen LogP) is 7.24. The second-order valence-electron chi connectivity index (χ2n) is 7.66. The van der Waals surface area contributed by atoms with E-state index < -0.39 is 0 Å². The molecule has 1 aliphatic heterocycles. The lowest BCUT2D eigenvalue weighted by atomic mass is 10.1. The Hall–Kier alpha value is -2.74. The average molecular weight is 559 g/mol. The zero-order valence-corrected chi connectivity index (χ0v) is 21.7. The molecular formula is C26H21BrClNO4S. The largest absolute Gasteiger partial charge is 0.493 e. The maximum absolute atomic E-state index is 12.9. The molecule has 0 radical (unpaired) electrons. The van der Waals surface area contributed by atoms with Crippen molar-refractivity contribution in [3.63, 3.8) is 0 Å². The molecule has 0 aromatic heterocycles. The van der Waals surface area contributed by atoms with E-state index >= 15 is 0 Å². The molecule has 1 saturated heterocycles. The molecule has 3 aromatic rings. The highest BCUT2D eigenvalue weighted by Gasteiger charge is 2.35. The summed E-state index contributed by atoms with van der Waals surface area (Å²) in [7, 11) is 1.55. The lowest BCUT2D eigenvalue weighted by Gasteiger charge is -2.14. The van der Waals surface area contributed by atoms with Gasteiger partial charge >= 0.3 is 0 Å². The van der Waals surface area contributed by atoms with Gasteiger partial charge in [0.15, 0.2) is 11.5 Å². The number of amides is 2. The van der Waals surface area contributed by atoms with E-state index in [0.717, 1.165) is 28.5 Å². The van der Waals surface area contributed by atoms with E-state index in [1.807, 2.05) is 55.5 Å². The number of imide groups is 1. The second kappa shape index (κ2) is 10.7. The molecule has 0 atom stereocenters. The van der Waals surface area contributed by atoms with Crippen LogP contribution in [0.25, 0.3) is 6.08 Å². The van der Waals surface area contributed by atoms with E-state index in [9.17, 15) is 9.59 Å². The number of rotatable bonds is 7. The monoisotopic (exact) mass is 557 g/mol. The number of benzene rings is 3. The van der Waals surface area contributed by atoms with E-state index in [4.69, 9.17) is 21.1 Å². The van der Waals surface area contributed by atoms with Gasteiger partial charge in [0.25, 0.3) is 11.1 Å². The number of aryl methyl sites for hydroxylation is 1. The molecule has 0 saturated carbocycles. The molecule has 0 aliphatic carbocycles. The van der Waals surface area contributed by atoms with Gasteiger partial charge in [0, 0.05) is 15.1 Å². The van der Waals surface area contributed by atoms with Crippen molar-refractivity contribution < 1.29 is 19.1 Å². The Morgan fingerprint density at radius 1 is 1.06 bits per heavy atom. The molecule has 8 heteroatoms.